The minimum Gasteiger partial charge on any atom is -0.396 e. The second-order valence-electron chi connectivity index (χ2n) is 9.69. The summed E-state index contributed by atoms with van der Waals surface area (Å²) >= 11 is 0. The molecule has 2 aliphatic rings. The molecule has 1 unspecified atom stereocenters. The second-order valence-corrected chi connectivity index (χ2v) is 9.69. The van der Waals surface area contributed by atoms with Crippen molar-refractivity contribution in [3.8, 4) is 5.69 Å². The first-order chi connectivity index (χ1) is 15.3. The fourth-order valence-corrected chi connectivity index (χ4v) is 5.74. The predicted octanol–water partition coefficient (Wildman–Crippen LogP) is 5.16. The van der Waals surface area contributed by atoms with Crippen LogP contribution in [0.4, 0.5) is 4.39 Å². The number of aliphatic hydroxyl groups is 2. The van der Waals surface area contributed by atoms with E-state index in [2.05, 4.69) is 18.1 Å². The minimum absolute atomic E-state index is 0.0329. The van der Waals surface area contributed by atoms with Crippen LogP contribution in [0.5, 0.6) is 0 Å². The Morgan fingerprint density at radius 2 is 1.84 bits per heavy atom. The molecule has 2 aliphatic carbocycles. The molecule has 0 aliphatic heterocycles. The van der Waals surface area contributed by atoms with E-state index in [-0.39, 0.29) is 17.8 Å². The molecule has 32 heavy (non-hydrogen) atoms. The minimum atomic E-state index is -0.623. The summed E-state index contributed by atoms with van der Waals surface area (Å²) in [4.78, 5) is 0. The molecule has 5 heteroatoms. The Bertz CT molecular complexity index is 1170. The smallest absolute Gasteiger partial charge is 0.123 e. The van der Waals surface area contributed by atoms with Crippen LogP contribution < -0.4 is 0 Å². The van der Waals surface area contributed by atoms with Crippen molar-refractivity contribution in [3.63, 3.8) is 0 Å². The number of halogens is 1. The lowest BCUT2D eigenvalue weighted by atomic mass is 9.59. The summed E-state index contributed by atoms with van der Waals surface area (Å²) in [7, 11) is 0. The quantitative estimate of drug-likeness (QED) is 0.585. The lowest BCUT2D eigenvalue weighted by Gasteiger charge is -2.46. The van der Waals surface area contributed by atoms with Gasteiger partial charge in [0, 0.05) is 17.4 Å². The summed E-state index contributed by atoms with van der Waals surface area (Å²) in [6.45, 7) is 4.29. The van der Waals surface area contributed by atoms with E-state index < -0.39 is 11.5 Å². The summed E-state index contributed by atoms with van der Waals surface area (Å²) in [6, 6.07) is 14.4. The topological polar surface area (TPSA) is 58.3 Å². The first-order valence-corrected chi connectivity index (χ1v) is 11.2. The standard InChI is InChI=1S/C27H29FN2O2/c1-18-3-5-19(6-4-18)25(32)15-27(17-31)12-11-21-13-24-20(14-26(21,27)2)16-29-30(24)23-9-7-22(28)8-10-23/h3-10,13,16,25,31-32H,11-12,14-15,17H2,1-2H3/t25?,26-,27-/m0/s1. The Hall–Kier alpha value is -2.76. The Kier molecular flexibility index (Phi) is 5.06. The third kappa shape index (κ3) is 3.23. The maximum absolute atomic E-state index is 13.4. The van der Waals surface area contributed by atoms with E-state index in [9.17, 15) is 14.6 Å². The van der Waals surface area contributed by atoms with Gasteiger partial charge in [-0.15, -0.1) is 0 Å². The highest BCUT2D eigenvalue weighted by Crippen LogP contribution is 2.62. The Labute approximate surface area is 188 Å². The summed E-state index contributed by atoms with van der Waals surface area (Å²) in [5.41, 5.74) is 5.66. The van der Waals surface area contributed by atoms with Crippen molar-refractivity contribution in [3.05, 3.63) is 88.5 Å². The van der Waals surface area contributed by atoms with Crippen LogP contribution in [0.3, 0.4) is 0 Å². The molecule has 1 saturated carbocycles. The first kappa shape index (κ1) is 21.1. The normalized spacial score (nSPS) is 25.2. The number of benzene rings is 2. The van der Waals surface area contributed by atoms with Gasteiger partial charge in [0.05, 0.1) is 23.7 Å². The Balaban J connectivity index is 1.48. The van der Waals surface area contributed by atoms with Crippen molar-refractivity contribution in [2.45, 2.75) is 45.6 Å². The number of fused-ring (bicyclic) bond motifs is 2. The Morgan fingerprint density at radius 1 is 1.12 bits per heavy atom. The summed E-state index contributed by atoms with van der Waals surface area (Å²) in [5.74, 6) is -0.267. The highest BCUT2D eigenvalue weighted by Gasteiger charge is 2.56. The second kappa shape index (κ2) is 7.68. The number of allylic oxidation sites excluding steroid dienone is 1. The van der Waals surface area contributed by atoms with E-state index in [0.29, 0.717) is 6.42 Å². The van der Waals surface area contributed by atoms with E-state index in [1.54, 1.807) is 12.1 Å². The molecule has 1 fully saturated rings. The average molecular weight is 433 g/mol. The monoisotopic (exact) mass is 432 g/mol. The number of aliphatic hydroxyl groups excluding tert-OH is 2. The van der Waals surface area contributed by atoms with Crippen molar-refractivity contribution in [2.75, 3.05) is 6.61 Å². The van der Waals surface area contributed by atoms with Crippen molar-refractivity contribution in [1.29, 1.82) is 0 Å². The highest BCUT2D eigenvalue weighted by atomic mass is 19.1. The van der Waals surface area contributed by atoms with E-state index in [1.807, 2.05) is 42.1 Å². The molecule has 3 aromatic rings. The Morgan fingerprint density at radius 3 is 2.53 bits per heavy atom. The summed E-state index contributed by atoms with van der Waals surface area (Å²) < 4.78 is 15.2. The molecular formula is C27H29FN2O2. The third-order valence-electron chi connectivity index (χ3n) is 7.91. The van der Waals surface area contributed by atoms with Crippen LogP contribution in [-0.2, 0) is 6.42 Å². The number of rotatable bonds is 5. The molecular weight excluding hydrogens is 403 g/mol. The molecule has 2 aromatic carbocycles. The highest BCUT2D eigenvalue weighted by molar-refractivity contribution is 5.62. The molecule has 0 saturated heterocycles. The zero-order valence-electron chi connectivity index (χ0n) is 18.6. The zero-order chi connectivity index (χ0) is 22.5. The van der Waals surface area contributed by atoms with Crippen molar-refractivity contribution in [2.24, 2.45) is 10.8 Å². The zero-order valence-corrected chi connectivity index (χ0v) is 18.6. The molecule has 4 nitrogen and oxygen atoms in total. The number of aryl methyl sites for hydroxylation is 1. The lowest BCUT2D eigenvalue weighted by Crippen LogP contribution is -2.43. The fourth-order valence-electron chi connectivity index (χ4n) is 5.74. The van der Waals surface area contributed by atoms with Crippen LogP contribution in [0.15, 0.2) is 60.3 Å². The van der Waals surface area contributed by atoms with Crippen molar-refractivity contribution in [1.82, 2.24) is 9.78 Å². The van der Waals surface area contributed by atoms with Crippen LogP contribution in [-0.4, -0.2) is 26.6 Å². The van der Waals surface area contributed by atoms with Crippen LogP contribution in [0, 0.1) is 23.6 Å². The molecule has 0 amide bonds. The van der Waals surface area contributed by atoms with Crippen molar-refractivity contribution < 1.29 is 14.6 Å². The molecule has 0 radical (unpaired) electrons. The van der Waals surface area contributed by atoms with E-state index in [4.69, 9.17) is 0 Å². The van der Waals surface area contributed by atoms with Gasteiger partial charge in [0.1, 0.15) is 5.82 Å². The van der Waals surface area contributed by atoms with Gasteiger partial charge in [0.2, 0.25) is 0 Å². The third-order valence-corrected chi connectivity index (χ3v) is 7.91. The van der Waals surface area contributed by atoms with Gasteiger partial charge in [0.25, 0.3) is 0 Å². The van der Waals surface area contributed by atoms with Gasteiger partial charge in [-0.1, -0.05) is 42.3 Å². The average Bonchev–Trinajstić information content (AvgIpc) is 3.31. The van der Waals surface area contributed by atoms with Gasteiger partial charge < -0.3 is 10.2 Å². The molecule has 0 spiro atoms. The summed E-state index contributed by atoms with van der Waals surface area (Å²) in [6.07, 6.45) is 6.45. The lowest BCUT2D eigenvalue weighted by molar-refractivity contribution is -0.0138. The van der Waals surface area contributed by atoms with Gasteiger partial charge in [-0.2, -0.15) is 5.10 Å². The number of hydrogen-bond donors (Lipinski definition) is 2. The predicted molar refractivity (Wildman–Crippen MR) is 123 cm³/mol. The van der Waals surface area contributed by atoms with E-state index >= 15 is 0 Å². The molecule has 0 bridgehead atoms. The van der Waals surface area contributed by atoms with E-state index in [0.717, 1.165) is 47.3 Å². The summed E-state index contributed by atoms with van der Waals surface area (Å²) in [5, 5.41) is 26.3. The van der Waals surface area contributed by atoms with Gasteiger partial charge in [-0.25, -0.2) is 9.07 Å². The number of hydrogen-bond acceptors (Lipinski definition) is 3. The first-order valence-electron chi connectivity index (χ1n) is 11.2. The maximum atomic E-state index is 13.4. The van der Waals surface area contributed by atoms with Gasteiger partial charge in [-0.3, -0.25) is 0 Å². The number of nitrogens with zero attached hydrogens (tertiary/aromatic N) is 2. The van der Waals surface area contributed by atoms with Crippen molar-refractivity contribution >= 4 is 6.08 Å². The largest absolute Gasteiger partial charge is 0.396 e. The van der Waals surface area contributed by atoms with E-state index in [1.165, 1.54) is 17.7 Å². The van der Waals surface area contributed by atoms with Crippen LogP contribution >= 0.6 is 0 Å². The van der Waals surface area contributed by atoms with Crippen LogP contribution in [0.1, 0.15) is 54.7 Å². The molecule has 3 atom stereocenters. The van der Waals surface area contributed by atoms with Gasteiger partial charge in [0.15, 0.2) is 0 Å². The van der Waals surface area contributed by atoms with Gasteiger partial charge in [-0.05, 0) is 74.1 Å². The number of aromatic nitrogens is 2. The molecule has 1 aromatic heterocycles. The molecule has 2 N–H and O–H groups in total. The molecule has 166 valence electrons. The fraction of sp³-hybridized carbons (Fsp3) is 0.370. The van der Waals surface area contributed by atoms with Gasteiger partial charge >= 0.3 is 0 Å². The maximum Gasteiger partial charge on any atom is 0.123 e. The molecule has 1 heterocycles. The van der Waals surface area contributed by atoms with Crippen LogP contribution in [0.2, 0.25) is 0 Å². The van der Waals surface area contributed by atoms with Crippen LogP contribution in [0.25, 0.3) is 11.8 Å². The molecule has 5 rings (SSSR count). The SMILES string of the molecule is Cc1ccc(C(O)C[C@]2(CO)CCC3=Cc4c(cnn4-c4ccc(F)cc4)C[C@@]32C)cc1.